The van der Waals surface area contributed by atoms with Gasteiger partial charge in [-0.3, -0.25) is 4.79 Å². The van der Waals surface area contributed by atoms with Gasteiger partial charge < -0.3 is 15.0 Å². The number of para-hydroxylation sites is 2. The number of fused-ring (bicyclic) bond motifs is 1. The first-order valence-corrected chi connectivity index (χ1v) is 11.1. The molecule has 6 heteroatoms. The van der Waals surface area contributed by atoms with E-state index >= 15 is 0 Å². The zero-order valence-corrected chi connectivity index (χ0v) is 17.9. The van der Waals surface area contributed by atoms with Crippen LogP contribution in [-0.4, -0.2) is 29.3 Å². The molecule has 4 aromatic rings. The van der Waals surface area contributed by atoms with E-state index < -0.39 is 6.10 Å². The number of halogens is 1. The van der Waals surface area contributed by atoms with Crippen molar-refractivity contribution in [1.82, 2.24) is 10.3 Å². The minimum atomic E-state index is -0.574. The van der Waals surface area contributed by atoms with E-state index in [1.807, 2.05) is 48.5 Å². The third-order valence-corrected chi connectivity index (χ3v) is 5.99. The summed E-state index contributed by atoms with van der Waals surface area (Å²) < 4.78 is 19.0. The first kappa shape index (κ1) is 21.0. The number of hydrogen-bond donors (Lipinski definition) is 2. The van der Waals surface area contributed by atoms with E-state index in [4.69, 9.17) is 4.74 Å². The molecule has 1 atom stereocenters. The maximum Gasteiger partial charge on any atom is 0.260 e. The molecule has 2 N–H and O–H groups in total. The van der Waals surface area contributed by atoms with Crippen LogP contribution in [0.25, 0.3) is 22.2 Å². The second-order valence-corrected chi connectivity index (χ2v) is 8.20. The van der Waals surface area contributed by atoms with E-state index in [1.165, 1.54) is 12.1 Å². The number of benzene rings is 3. The van der Waals surface area contributed by atoms with Crippen LogP contribution in [0.15, 0.2) is 83.8 Å². The maximum absolute atomic E-state index is 13.4. The highest BCUT2D eigenvalue weighted by atomic mass is 32.2. The van der Waals surface area contributed by atoms with E-state index in [-0.39, 0.29) is 11.7 Å². The largest absolute Gasteiger partial charge is 0.481 e. The summed E-state index contributed by atoms with van der Waals surface area (Å²) in [5.41, 5.74) is 2.91. The molecular weight excluding hydrogens is 411 g/mol. The predicted octanol–water partition coefficient (Wildman–Crippen LogP) is 5.65. The first-order valence-electron chi connectivity index (χ1n) is 10.1. The molecular formula is C25H23FN2O2S. The summed E-state index contributed by atoms with van der Waals surface area (Å²) in [4.78, 5) is 16.9. The van der Waals surface area contributed by atoms with Crippen molar-refractivity contribution < 1.29 is 13.9 Å². The van der Waals surface area contributed by atoms with Crippen LogP contribution < -0.4 is 10.1 Å². The number of ether oxygens (including phenoxy) is 1. The lowest BCUT2D eigenvalue weighted by Crippen LogP contribution is -2.37. The summed E-state index contributed by atoms with van der Waals surface area (Å²) in [6.45, 7) is 2.25. The van der Waals surface area contributed by atoms with Gasteiger partial charge in [0.2, 0.25) is 0 Å². The summed E-state index contributed by atoms with van der Waals surface area (Å²) >= 11 is 1.66. The highest BCUT2D eigenvalue weighted by molar-refractivity contribution is 7.99. The number of rotatable bonds is 8. The Bertz CT molecular complexity index is 1160. The summed E-state index contributed by atoms with van der Waals surface area (Å²) in [5.74, 6) is 0.952. The van der Waals surface area contributed by atoms with Crippen molar-refractivity contribution >= 4 is 28.6 Å². The second-order valence-electron chi connectivity index (χ2n) is 7.09. The fraction of sp³-hybridized carbons (Fsp3) is 0.160. The van der Waals surface area contributed by atoms with Crippen LogP contribution in [0, 0.1) is 5.82 Å². The fourth-order valence-electron chi connectivity index (χ4n) is 3.31. The molecule has 1 aromatic heterocycles. The summed E-state index contributed by atoms with van der Waals surface area (Å²) in [6, 6.07) is 23.8. The number of hydrogen-bond acceptors (Lipinski definition) is 3. The third-order valence-electron chi connectivity index (χ3n) is 4.86. The Hall–Kier alpha value is -3.25. The van der Waals surface area contributed by atoms with Gasteiger partial charge in [-0.05, 0) is 55.0 Å². The predicted molar refractivity (Wildman–Crippen MR) is 124 cm³/mol. The van der Waals surface area contributed by atoms with Gasteiger partial charge in [0.1, 0.15) is 11.6 Å². The van der Waals surface area contributed by atoms with Gasteiger partial charge in [0.05, 0.1) is 5.69 Å². The van der Waals surface area contributed by atoms with Crippen LogP contribution in [0.1, 0.15) is 6.92 Å². The second kappa shape index (κ2) is 9.71. The molecule has 0 aliphatic heterocycles. The fourth-order valence-corrected chi connectivity index (χ4v) is 4.37. The van der Waals surface area contributed by atoms with E-state index in [0.717, 1.165) is 27.1 Å². The van der Waals surface area contributed by atoms with Crippen molar-refractivity contribution in [1.29, 1.82) is 0 Å². The Labute approximate surface area is 184 Å². The van der Waals surface area contributed by atoms with Gasteiger partial charge in [0.15, 0.2) is 6.10 Å². The Kier molecular flexibility index (Phi) is 6.57. The quantitative estimate of drug-likeness (QED) is 0.278. The molecule has 31 heavy (non-hydrogen) atoms. The average molecular weight is 435 g/mol. The lowest BCUT2D eigenvalue weighted by Gasteiger charge is -2.14. The zero-order valence-electron chi connectivity index (χ0n) is 17.1. The first-order chi connectivity index (χ1) is 15.1. The van der Waals surface area contributed by atoms with Crippen molar-refractivity contribution in [3.8, 4) is 17.0 Å². The van der Waals surface area contributed by atoms with Gasteiger partial charge in [-0.2, -0.15) is 0 Å². The van der Waals surface area contributed by atoms with Gasteiger partial charge in [-0.15, -0.1) is 11.8 Å². The number of aromatic nitrogens is 1. The molecule has 0 radical (unpaired) electrons. The molecule has 0 saturated carbocycles. The molecule has 1 heterocycles. The van der Waals surface area contributed by atoms with E-state index in [9.17, 15) is 9.18 Å². The molecule has 4 rings (SSSR count). The van der Waals surface area contributed by atoms with E-state index in [0.29, 0.717) is 18.0 Å². The normalized spacial score (nSPS) is 11.9. The number of H-pyrrole nitrogens is 1. The van der Waals surface area contributed by atoms with Crippen LogP contribution >= 0.6 is 11.8 Å². The Morgan fingerprint density at radius 2 is 1.74 bits per heavy atom. The van der Waals surface area contributed by atoms with Crippen molar-refractivity contribution in [2.45, 2.75) is 17.9 Å². The van der Waals surface area contributed by atoms with Crippen molar-refractivity contribution in [3.63, 3.8) is 0 Å². The minimum Gasteiger partial charge on any atom is -0.481 e. The molecule has 0 aliphatic rings. The van der Waals surface area contributed by atoms with Gasteiger partial charge in [-0.25, -0.2) is 4.39 Å². The number of amides is 1. The van der Waals surface area contributed by atoms with Crippen LogP contribution in [0.4, 0.5) is 4.39 Å². The summed E-state index contributed by atoms with van der Waals surface area (Å²) in [6.07, 6.45) is -0.574. The Morgan fingerprint density at radius 1 is 1.03 bits per heavy atom. The summed E-state index contributed by atoms with van der Waals surface area (Å²) in [7, 11) is 0. The molecule has 0 spiro atoms. The van der Waals surface area contributed by atoms with Crippen molar-refractivity contribution in [2.24, 2.45) is 0 Å². The van der Waals surface area contributed by atoms with E-state index in [1.54, 1.807) is 30.8 Å². The molecule has 0 fully saturated rings. The molecule has 3 aromatic carbocycles. The SMILES string of the molecule is C[C@H](Oc1ccccc1)C(=O)NCCSc1c(-c2ccc(F)cc2)[nH]c2ccccc12. The molecule has 0 unspecified atom stereocenters. The van der Waals surface area contributed by atoms with Gasteiger partial charge in [0.25, 0.3) is 5.91 Å². The van der Waals surface area contributed by atoms with Crippen molar-refractivity contribution in [3.05, 3.63) is 84.7 Å². The molecule has 4 nitrogen and oxygen atoms in total. The molecule has 0 bridgehead atoms. The lowest BCUT2D eigenvalue weighted by molar-refractivity contribution is -0.127. The number of carbonyl (C=O) groups excluding carboxylic acids is 1. The highest BCUT2D eigenvalue weighted by Gasteiger charge is 2.16. The van der Waals surface area contributed by atoms with E-state index in [2.05, 4.69) is 16.4 Å². The lowest BCUT2D eigenvalue weighted by atomic mass is 10.1. The molecule has 158 valence electrons. The van der Waals surface area contributed by atoms with Gasteiger partial charge in [-0.1, -0.05) is 36.4 Å². The van der Waals surface area contributed by atoms with Crippen LogP contribution in [-0.2, 0) is 4.79 Å². The van der Waals surface area contributed by atoms with Crippen LogP contribution in [0.5, 0.6) is 5.75 Å². The Morgan fingerprint density at radius 3 is 2.52 bits per heavy atom. The molecule has 1 amide bonds. The van der Waals surface area contributed by atoms with Gasteiger partial charge in [0, 0.05) is 28.1 Å². The van der Waals surface area contributed by atoms with Gasteiger partial charge >= 0.3 is 0 Å². The van der Waals surface area contributed by atoms with Crippen LogP contribution in [0.3, 0.4) is 0 Å². The maximum atomic E-state index is 13.4. The monoisotopic (exact) mass is 434 g/mol. The van der Waals surface area contributed by atoms with Crippen molar-refractivity contribution in [2.75, 3.05) is 12.3 Å². The minimum absolute atomic E-state index is 0.151. The molecule has 0 aliphatic carbocycles. The Balaban J connectivity index is 1.40. The third kappa shape index (κ3) is 5.09. The highest BCUT2D eigenvalue weighted by Crippen LogP contribution is 2.37. The number of carbonyl (C=O) groups is 1. The summed E-state index contributed by atoms with van der Waals surface area (Å²) in [5, 5.41) is 4.05. The zero-order chi connectivity index (χ0) is 21.6. The van der Waals surface area contributed by atoms with Crippen LogP contribution in [0.2, 0.25) is 0 Å². The number of nitrogens with one attached hydrogen (secondary N) is 2. The number of aromatic amines is 1. The standard InChI is InChI=1S/C25H23FN2O2S/c1-17(30-20-7-3-2-4-8-20)25(29)27-15-16-31-24-21-9-5-6-10-22(21)28-23(24)18-11-13-19(26)14-12-18/h2-14,17,28H,15-16H2,1H3,(H,27,29)/t17-/m0/s1. The number of thioether (sulfide) groups is 1. The smallest absolute Gasteiger partial charge is 0.260 e. The molecule has 0 saturated heterocycles. The topological polar surface area (TPSA) is 54.1 Å². The average Bonchev–Trinajstić information content (AvgIpc) is 3.16.